The van der Waals surface area contributed by atoms with E-state index in [0.717, 1.165) is 48.4 Å². The summed E-state index contributed by atoms with van der Waals surface area (Å²) < 4.78 is 8.10. The Morgan fingerprint density at radius 3 is 2.79 bits per heavy atom. The minimum Gasteiger partial charge on any atom is -0.494 e. The summed E-state index contributed by atoms with van der Waals surface area (Å²) in [4.78, 5) is 16.8. The van der Waals surface area contributed by atoms with Crippen LogP contribution in [0.25, 0.3) is 11.0 Å². The van der Waals surface area contributed by atoms with Gasteiger partial charge in [-0.05, 0) is 62.9 Å². The van der Waals surface area contributed by atoms with E-state index in [1.165, 1.54) is 5.56 Å². The summed E-state index contributed by atoms with van der Waals surface area (Å²) in [5.74, 6) is 1.91. The molecule has 0 radical (unpaired) electrons. The number of nitrogens with zero attached hydrogens (tertiary/aromatic N) is 2. The number of para-hydroxylation sites is 2. The molecule has 0 bridgehead atoms. The summed E-state index contributed by atoms with van der Waals surface area (Å²) in [6, 6.07) is 16.2. The Bertz CT molecular complexity index is 948. The van der Waals surface area contributed by atoms with E-state index in [2.05, 4.69) is 35.0 Å². The van der Waals surface area contributed by atoms with Gasteiger partial charge in [-0.3, -0.25) is 4.79 Å². The second-order valence-electron chi connectivity index (χ2n) is 7.52. The first-order valence-corrected chi connectivity index (χ1v) is 10.5. The van der Waals surface area contributed by atoms with Crippen LogP contribution in [0.4, 0.5) is 0 Å². The average molecular weight is 394 g/mol. The molecule has 0 aliphatic carbocycles. The van der Waals surface area contributed by atoms with Crippen molar-refractivity contribution >= 4 is 16.9 Å². The Hall–Kier alpha value is -2.82. The lowest BCUT2D eigenvalue weighted by molar-refractivity contribution is -0.121. The highest BCUT2D eigenvalue weighted by atomic mass is 16.5. The van der Waals surface area contributed by atoms with Crippen LogP contribution in [0.15, 0.2) is 48.5 Å². The molecular weight excluding hydrogens is 362 g/mol. The number of unbranched alkanes of at least 4 members (excludes halogenated alkanes) is 1. The number of benzene rings is 2. The van der Waals surface area contributed by atoms with Gasteiger partial charge in [-0.1, -0.05) is 31.2 Å². The van der Waals surface area contributed by atoms with Gasteiger partial charge in [0.1, 0.15) is 11.6 Å². The largest absolute Gasteiger partial charge is 0.494 e. The second kappa shape index (κ2) is 10.1. The zero-order chi connectivity index (χ0) is 20.6. The fourth-order valence-electron chi connectivity index (χ4n) is 3.53. The molecule has 0 aliphatic heterocycles. The fraction of sp³-hybridized carbons (Fsp3) is 0.417. The van der Waals surface area contributed by atoms with E-state index in [9.17, 15) is 4.79 Å². The monoisotopic (exact) mass is 393 g/mol. The fourth-order valence-corrected chi connectivity index (χ4v) is 3.53. The van der Waals surface area contributed by atoms with Gasteiger partial charge >= 0.3 is 0 Å². The van der Waals surface area contributed by atoms with Crippen LogP contribution in [0.3, 0.4) is 0 Å². The maximum Gasteiger partial charge on any atom is 0.220 e. The number of fused-ring (bicyclic) bond motifs is 1. The van der Waals surface area contributed by atoms with Gasteiger partial charge in [0.15, 0.2) is 0 Å². The SMILES string of the molecule is CCCC(=O)NC(C)c1nc2ccccc2n1CCCCOc1cccc(C)c1. The molecule has 3 aromatic rings. The molecule has 0 saturated carbocycles. The van der Waals surface area contributed by atoms with Crippen molar-refractivity contribution in [1.29, 1.82) is 0 Å². The Balaban J connectivity index is 1.63. The number of carbonyl (C=O) groups is 1. The third-order valence-corrected chi connectivity index (χ3v) is 4.96. The van der Waals surface area contributed by atoms with Crippen molar-refractivity contribution in [3.8, 4) is 5.75 Å². The van der Waals surface area contributed by atoms with Gasteiger partial charge in [-0.2, -0.15) is 0 Å². The third kappa shape index (κ3) is 5.59. The van der Waals surface area contributed by atoms with Crippen LogP contribution >= 0.6 is 0 Å². The highest BCUT2D eigenvalue weighted by Gasteiger charge is 2.17. The third-order valence-electron chi connectivity index (χ3n) is 4.96. The van der Waals surface area contributed by atoms with Gasteiger partial charge in [0.25, 0.3) is 0 Å². The Kier molecular flexibility index (Phi) is 7.28. The summed E-state index contributed by atoms with van der Waals surface area (Å²) >= 11 is 0. The number of amides is 1. The number of carbonyl (C=O) groups excluding carboxylic acids is 1. The molecule has 1 amide bonds. The van der Waals surface area contributed by atoms with Crippen molar-refractivity contribution < 1.29 is 9.53 Å². The van der Waals surface area contributed by atoms with Gasteiger partial charge in [0.05, 0.1) is 23.7 Å². The predicted molar refractivity (Wildman–Crippen MR) is 117 cm³/mol. The van der Waals surface area contributed by atoms with Gasteiger partial charge < -0.3 is 14.6 Å². The van der Waals surface area contributed by atoms with Crippen LogP contribution in [0.1, 0.15) is 57.0 Å². The lowest BCUT2D eigenvalue weighted by Gasteiger charge is -2.16. The van der Waals surface area contributed by atoms with Gasteiger partial charge in [-0.25, -0.2) is 4.98 Å². The molecule has 1 heterocycles. The lowest BCUT2D eigenvalue weighted by Crippen LogP contribution is -2.28. The van der Waals surface area contributed by atoms with Crippen molar-refractivity contribution in [2.45, 2.75) is 59.0 Å². The number of rotatable bonds is 10. The molecule has 5 nitrogen and oxygen atoms in total. The molecule has 1 aromatic heterocycles. The maximum atomic E-state index is 12.0. The summed E-state index contributed by atoms with van der Waals surface area (Å²) in [5, 5.41) is 3.08. The van der Waals surface area contributed by atoms with E-state index < -0.39 is 0 Å². The zero-order valence-corrected chi connectivity index (χ0v) is 17.6. The van der Waals surface area contributed by atoms with E-state index in [-0.39, 0.29) is 11.9 Å². The molecule has 1 N–H and O–H groups in total. The first-order chi connectivity index (χ1) is 14.1. The Morgan fingerprint density at radius 2 is 2.00 bits per heavy atom. The van der Waals surface area contributed by atoms with Crippen molar-refractivity contribution in [1.82, 2.24) is 14.9 Å². The molecule has 0 fully saturated rings. The van der Waals surface area contributed by atoms with E-state index in [1.807, 2.05) is 44.2 Å². The molecule has 0 saturated heterocycles. The van der Waals surface area contributed by atoms with E-state index in [0.29, 0.717) is 13.0 Å². The van der Waals surface area contributed by atoms with Crippen LogP contribution in [0.2, 0.25) is 0 Å². The second-order valence-corrected chi connectivity index (χ2v) is 7.52. The first-order valence-electron chi connectivity index (χ1n) is 10.5. The van der Waals surface area contributed by atoms with E-state index in [4.69, 9.17) is 9.72 Å². The quantitative estimate of drug-likeness (QED) is 0.483. The number of imidazole rings is 1. The van der Waals surface area contributed by atoms with Crippen LogP contribution < -0.4 is 10.1 Å². The smallest absolute Gasteiger partial charge is 0.220 e. The maximum absolute atomic E-state index is 12.0. The minimum absolute atomic E-state index is 0.0742. The standard InChI is InChI=1S/C24H31N3O2/c1-4-10-23(28)25-19(3)24-26-21-13-5-6-14-22(21)27(24)15-7-8-16-29-20-12-9-11-18(2)17-20/h5-6,9,11-14,17,19H,4,7-8,10,15-16H2,1-3H3,(H,25,28). The molecule has 3 rings (SSSR count). The average Bonchev–Trinajstić information content (AvgIpc) is 3.07. The van der Waals surface area contributed by atoms with Gasteiger partial charge in [0.2, 0.25) is 5.91 Å². The number of aryl methyl sites for hydroxylation is 2. The number of aromatic nitrogens is 2. The number of nitrogens with one attached hydrogen (secondary N) is 1. The normalized spacial score (nSPS) is 12.1. The van der Waals surface area contributed by atoms with Crippen LogP contribution in [-0.2, 0) is 11.3 Å². The molecule has 5 heteroatoms. The van der Waals surface area contributed by atoms with Crippen molar-refractivity contribution in [3.63, 3.8) is 0 Å². The van der Waals surface area contributed by atoms with Crippen LogP contribution in [0.5, 0.6) is 5.75 Å². The highest BCUT2D eigenvalue weighted by Crippen LogP contribution is 2.22. The van der Waals surface area contributed by atoms with Crippen LogP contribution in [0, 0.1) is 6.92 Å². The van der Waals surface area contributed by atoms with Gasteiger partial charge in [0, 0.05) is 13.0 Å². The molecule has 1 unspecified atom stereocenters. The van der Waals surface area contributed by atoms with E-state index in [1.54, 1.807) is 0 Å². The number of ether oxygens (including phenoxy) is 1. The zero-order valence-electron chi connectivity index (χ0n) is 17.6. The van der Waals surface area contributed by atoms with Crippen molar-refractivity contribution in [2.75, 3.05) is 6.61 Å². The summed E-state index contributed by atoms with van der Waals surface area (Å²) in [6.07, 6.45) is 3.32. The molecule has 154 valence electrons. The molecule has 1 atom stereocenters. The van der Waals surface area contributed by atoms with Gasteiger partial charge in [-0.15, -0.1) is 0 Å². The van der Waals surface area contributed by atoms with Crippen LogP contribution in [-0.4, -0.2) is 22.1 Å². The molecule has 0 aliphatic rings. The highest BCUT2D eigenvalue weighted by molar-refractivity contribution is 5.78. The predicted octanol–water partition coefficient (Wildman–Crippen LogP) is 5.18. The van der Waals surface area contributed by atoms with E-state index >= 15 is 0 Å². The molecular formula is C24H31N3O2. The molecule has 2 aromatic carbocycles. The first kappa shape index (κ1) is 20.9. The molecule has 0 spiro atoms. The summed E-state index contributed by atoms with van der Waals surface area (Å²) in [7, 11) is 0. The van der Waals surface area contributed by atoms with Crippen molar-refractivity contribution in [3.05, 3.63) is 59.9 Å². The number of hydrogen-bond acceptors (Lipinski definition) is 3. The minimum atomic E-state index is -0.120. The Morgan fingerprint density at radius 1 is 1.17 bits per heavy atom. The van der Waals surface area contributed by atoms with Crippen molar-refractivity contribution in [2.24, 2.45) is 0 Å². The summed E-state index contributed by atoms with van der Waals surface area (Å²) in [6.45, 7) is 7.62. The number of hydrogen-bond donors (Lipinski definition) is 1. The lowest BCUT2D eigenvalue weighted by atomic mass is 10.2. The Labute approximate surface area is 173 Å². The summed E-state index contributed by atoms with van der Waals surface area (Å²) in [5.41, 5.74) is 3.28. The topological polar surface area (TPSA) is 56.2 Å². The molecule has 29 heavy (non-hydrogen) atoms.